The topological polar surface area (TPSA) is 40.6 Å². The Balaban J connectivity index is 2.05. The van der Waals surface area contributed by atoms with E-state index in [1.165, 1.54) is 30.1 Å². The van der Waals surface area contributed by atoms with Crippen molar-refractivity contribution in [2.75, 3.05) is 26.7 Å². The minimum absolute atomic E-state index is 0.0291. The number of benzene rings is 1. The smallest absolute Gasteiger partial charge is 0.246 e. The fourth-order valence-electron chi connectivity index (χ4n) is 2.46. The molecule has 6 heteroatoms. The van der Waals surface area contributed by atoms with Gasteiger partial charge in [-0.05, 0) is 30.2 Å². The summed E-state index contributed by atoms with van der Waals surface area (Å²) in [6.45, 7) is 3.93. The molecule has 1 aliphatic rings. The van der Waals surface area contributed by atoms with Crippen LogP contribution in [0.1, 0.15) is 12.0 Å². The lowest BCUT2D eigenvalue weighted by molar-refractivity contribution is -0.136. The van der Waals surface area contributed by atoms with Crippen molar-refractivity contribution in [2.45, 2.75) is 6.42 Å². The van der Waals surface area contributed by atoms with Crippen LogP contribution >= 0.6 is 0 Å². The lowest BCUT2D eigenvalue weighted by Gasteiger charge is -2.28. The summed E-state index contributed by atoms with van der Waals surface area (Å²) in [5, 5.41) is 0. The van der Waals surface area contributed by atoms with Crippen LogP contribution in [0.3, 0.4) is 0 Å². The molecule has 23 heavy (non-hydrogen) atoms. The summed E-state index contributed by atoms with van der Waals surface area (Å²) in [5.74, 6) is -1.76. The molecule has 1 aliphatic heterocycles. The molecule has 0 atom stereocenters. The maximum absolute atomic E-state index is 13.8. The van der Waals surface area contributed by atoms with E-state index in [1.54, 1.807) is 11.0 Å². The molecule has 0 saturated heterocycles. The lowest BCUT2D eigenvalue weighted by Crippen LogP contribution is -2.42. The second-order valence-electron chi connectivity index (χ2n) is 5.31. The van der Waals surface area contributed by atoms with Crippen LogP contribution in [0.5, 0.6) is 0 Å². The van der Waals surface area contributed by atoms with Crippen LogP contribution in [0.25, 0.3) is 5.57 Å². The molecule has 122 valence electrons. The second-order valence-corrected chi connectivity index (χ2v) is 5.31. The molecule has 0 unspecified atom stereocenters. The van der Waals surface area contributed by atoms with Crippen molar-refractivity contribution >= 4 is 17.4 Å². The molecule has 1 aromatic rings. The van der Waals surface area contributed by atoms with Gasteiger partial charge in [0.1, 0.15) is 11.6 Å². The van der Waals surface area contributed by atoms with Gasteiger partial charge in [-0.3, -0.25) is 9.59 Å². The lowest BCUT2D eigenvalue weighted by atomic mass is 9.98. The second kappa shape index (κ2) is 7.17. The molecule has 0 aliphatic carbocycles. The Kier molecular flexibility index (Phi) is 5.26. The average Bonchev–Trinajstić information content (AvgIpc) is 2.54. The summed E-state index contributed by atoms with van der Waals surface area (Å²) >= 11 is 0. The van der Waals surface area contributed by atoms with Crippen molar-refractivity contribution in [3.63, 3.8) is 0 Å². The highest BCUT2D eigenvalue weighted by atomic mass is 19.1. The van der Waals surface area contributed by atoms with Gasteiger partial charge in [0.05, 0.1) is 6.54 Å². The average molecular weight is 320 g/mol. The molecule has 0 saturated carbocycles. The highest BCUT2D eigenvalue weighted by Gasteiger charge is 2.22. The third kappa shape index (κ3) is 3.83. The number of hydrogen-bond acceptors (Lipinski definition) is 2. The van der Waals surface area contributed by atoms with Crippen molar-refractivity contribution in [3.8, 4) is 0 Å². The predicted octanol–water partition coefficient (Wildman–Crippen LogP) is 2.22. The van der Waals surface area contributed by atoms with E-state index in [1.807, 2.05) is 0 Å². The van der Waals surface area contributed by atoms with Crippen LogP contribution in [0.4, 0.5) is 8.78 Å². The molecule has 0 radical (unpaired) electrons. The number of likely N-dealkylation sites (N-methyl/N-ethyl adjacent to an activating group) is 1. The van der Waals surface area contributed by atoms with E-state index in [0.717, 1.165) is 6.08 Å². The number of amides is 2. The van der Waals surface area contributed by atoms with Gasteiger partial charge in [-0.2, -0.15) is 0 Å². The summed E-state index contributed by atoms with van der Waals surface area (Å²) in [6, 6.07) is 3.75. The standard InChI is InChI=1S/C17H18F2N2O2/c1-3-15(22)20(2)11-16(23)21-9-7-12(8-10-21)17-13(18)5-4-6-14(17)19/h3-7H,1,8-11H2,2H3. The SMILES string of the molecule is C=CC(=O)N(C)CC(=O)N1CC=C(c2c(F)cccc2F)CC1. The zero-order chi connectivity index (χ0) is 17.0. The van der Waals surface area contributed by atoms with E-state index >= 15 is 0 Å². The van der Waals surface area contributed by atoms with Gasteiger partial charge >= 0.3 is 0 Å². The van der Waals surface area contributed by atoms with Gasteiger partial charge in [0.2, 0.25) is 11.8 Å². The molecule has 0 spiro atoms. The van der Waals surface area contributed by atoms with Gasteiger partial charge in [-0.15, -0.1) is 0 Å². The van der Waals surface area contributed by atoms with Crippen LogP contribution < -0.4 is 0 Å². The van der Waals surface area contributed by atoms with E-state index in [0.29, 0.717) is 18.5 Å². The maximum Gasteiger partial charge on any atom is 0.246 e. The Labute approximate surface area is 133 Å². The van der Waals surface area contributed by atoms with Gasteiger partial charge in [-0.25, -0.2) is 8.78 Å². The van der Waals surface area contributed by atoms with E-state index in [2.05, 4.69) is 6.58 Å². The largest absolute Gasteiger partial charge is 0.337 e. The van der Waals surface area contributed by atoms with Crippen molar-refractivity contribution < 1.29 is 18.4 Å². The summed E-state index contributed by atoms with van der Waals surface area (Å²) in [5.41, 5.74) is 0.527. The van der Waals surface area contributed by atoms with E-state index in [-0.39, 0.29) is 30.5 Å². The Bertz CT molecular complexity index is 650. The number of halogens is 2. The predicted molar refractivity (Wildman–Crippen MR) is 83.4 cm³/mol. The first kappa shape index (κ1) is 16.9. The molecule has 2 amide bonds. The number of rotatable bonds is 4. The highest BCUT2D eigenvalue weighted by Crippen LogP contribution is 2.27. The number of nitrogens with zero attached hydrogens (tertiary/aromatic N) is 2. The highest BCUT2D eigenvalue weighted by molar-refractivity contribution is 5.90. The van der Waals surface area contributed by atoms with Gasteiger partial charge < -0.3 is 9.80 Å². The van der Waals surface area contributed by atoms with E-state index in [4.69, 9.17) is 0 Å². The third-order valence-electron chi connectivity index (χ3n) is 3.77. The van der Waals surface area contributed by atoms with Crippen LogP contribution in [-0.4, -0.2) is 48.3 Å². The number of carbonyl (C=O) groups excluding carboxylic acids is 2. The number of carbonyl (C=O) groups is 2. The Morgan fingerprint density at radius 1 is 1.35 bits per heavy atom. The Morgan fingerprint density at radius 2 is 2.00 bits per heavy atom. The van der Waals surface area contributed by atoms with Gasteiger partial charge in [0, 0.05) is 25.7 Å². The minimum Gasteiger partial charge on any atom is -0.337 e. The summed E-state index contributed by atoms with van der Waals surface area (Å²) in [7, 11) is 1.52. The van der Waals surface area contributed by atoms with Crippen LogP contribution in [0.2, 0.25) is 0 Å². The molecule has 0 bridgehead atoms. The zero-order valence-electron chi connectivity index (χ0n) is 12.9. The molecule has 0 aromatic heterocycles. The molecular formula is C17H18F2N2O2. The molecule has 1 aromatic carbocycles. The first-order valence-corrected chi connectivity index (χ1v) is 7.22. The molecule has 0 N–H and O–H groups in total. The van der Waals surface area contributed by atoms with Crippen LogP contribution in [0, 0.1) is 11.6 Å². The van der Waals surface area contributed by atoms with Crippen LogP contribution in [-0.2, 0) is 9.59 Å². The van der Waals surface area contributed by atoms with Gasteiger partial charge in [0.25, 0.3) is 0 Å². The first-order valence-electron chi connectivity index (χ1n) is 7.22. The van der Waals surface area contributed by atoms with Crippen molar-refractivity contribution in [3.05, 3.63) is 54.1 Å². The summed E-state index contributed by atoms with van der Waals surface area (Å²) < 4.78 is 27.6. The quantitative estimate of drug-likeness (QED) is 0.798. The maximum atomic E-state index is 13.8. The Morgan fingerprint density at radius 3 is 2.52 bits per heavy atom. The van der Waals surface area contributed by atoms with Crippen LogP contribution in [0.15, 0.2) is 36.9 Å². The van der Waals surface area contributed by atoms with Crippen molar-refractivity contribution in [2.24, 2.45) is 0 Å². The van der Waals surface area contributed by atoms with Gasteiger partial charge in [-0.1, -0.05) is 18.7 Å². The zero-order valence-corrected chi connectivity index (χ0v) is 12.9. The number of hydrogen-bond donors (Lipinski definition) is 0. The fourth-order valence-corrected chi connectivity index (χ4v) is 2.46. The minimum atomic E-state index is -0.604. The normalized spacial score (nSPS) is 14.2. The summed E-state index contributed by atoms with van der Waals surface area (Å²) in [6.07, 6.45) is 3.16. The Hall–Kier alpha value is -2.50. The molecule has 2 rings (SSSR count). The van der Waals surface area contributed by atoms with E-state index in [9.17, 15) is 18.4 Å². The molecular weight excluding hydrogens is 302 g/mol. The van der Waals surface area contributed by atoms with E-state index < -0.39 is 11.6 Å². The van der Waals surface area contributed by atoms with Crippen molar-refractivity contribution in [1.29, 1.82) is 0 Å². The molecule has 0 fully saturated rings. The first-order chi connectivity index (χ1) is 10.9. The third-order valence-corrected chi connectivity index (χ3v) is 3.77. The van der Waals surface area contributed by atoms with Crippen molar-refractivity contribution in [1.82, 2.24) is 9.80 Å². The summed E-state index contributed by atoms with van der Waals surface area (Å²) in [4.78, 5) is 26.3. The molecule has 1 heterocycles. The molecule has 4 nitrogen and oxygen atoms in total. The van der Waals surface area contributed by atoms with Gasteiger partial charge in [0.15, 0.2) is 0 Å². The fraction of sp³-hybridized carbons (Fsp3) is 0.294. The monoisotopic (exact) mass is 320 g/mol.